The van der Waals surface area contributed by atoms with Crippen LogP contribution in [-0.2, 0) is 17.9 Å². The lowest BCUT2D eigenvalue weighted by molar-refractivity contribution is -0.127. The van der Waals surface area contributed by atoms with Crippen molar-refractivity contribution in [1.82, 2.24) is 4.90 Å². The third kappa shape index (κ3) is 4.61. The predicted molar refractivity (Wildman–Crippen MR) is 99.3 cm³/mol. The number of furan rings is 1. The first-order valence-electron chi connectivity index (χ1n) is 7.91. The SMILES string of the molecule is COc1ccccc1CN(Cc1cccs1)C(=O)/C=C/c1ccco1. The number of hydrogen-bond acceptors (Lipinski definition) is 4. The zero-order valence-electron chi connectivity index (χ0n) is 13.9. The van der Waals surface area contributed by atoms with Crippen molar-refractivity contribution < 1.29 is 13.9 Å². The van der Waals surface area contributed by atoms with Gasteiger partial charge in [0.2, 0.25) is 5.91 Å². The molecule has 128 valence electrons. The number of carbonyl (C=O) groups is 1. The fraction of sp³-hybridized carbons (Fsp3) is 0.150. The monoisotopic (exact) mass is 353 g/mol. The van der Waals surface area contributed by atoms with Crippen LogP contribution in [0.25, 0.3) is 6.08 Å². The maximum absolute atomic E-state index is 12.7. The minimum Gasteiger partial charge on any atom is -0.496 e. The highest BCUT2D eigenvalue weighted by Crippen LogP contribution is 2.22. The summed E-state index contributed by atoms with van der Waals surface area (Å²) in [6, 6.07) is 15.4. The van der Waals surface area contributed by atoms with Gasteiger partial charge in [0.1, 0.15) is 11.5 Å². The molecule has 0 atom stereocenters. The summed E-state index contributed by atoms with van der Waals surface area (Å²) in [6.07, 6.45) is 4.82. The smallest absolute Gasteiger partial charge is 0.247 e. The summed E-state index contributed by atoms with van der Waals surface area (Å²) < 4.78 is 10.7. The number of methoxy groups -OCH3 is 1. The van der Waals surface area contributed by atoms with Crippen LogP contribution in [0, 0.1) is 0 Å². The van der Waals surface area contributed by atoms with Gasteiger partial charge in [0, 0.05) is 23.1 Å². The van der Waals surface area contributed by atoms with E-state index in [2.05, 4.69) is 0 Å². The van der Waals surface area contributed by atoms with E-state index in [0.717, 1.165) is 16.2 Å². The van der Waals surface area contributed by atoms with Crippen molar-refractivity contribution in [2.75, 3.05) is 7.11 Å². The maximum Gasteiger partial charge on any atom is 0.247 e. The van der Waals surface area contributed by atoms with Crippen molar-refractivity contribution in [2.24, 2.45) is 0 Å². The van der Waals surface area contributed by atoms with Crippen molar-refractivity contribution in [3.8, 4) is 5.75 Å². The summed E-state index contributed by atoms with van der Waals surface area (Å²) in [4.78, 5) is 15.7. The van der Waals surface area contributed by atoms with E-state index in [0.29, 0.717) is 18.8 Å². The highest BCUT2D eigenvalue weighted by molar-refractivity contribution is 7.09. The van der Waals surface area contributed by atoms with Gasteiger partial charge in [-0.2, -0.15) is 0 Å². The second kappa shape index (κ2) is 8.35. The van der Waals surface area contributed by atoms with Crippen LogP contribution in [0.1, 0.15) is 16.2 Å². The molecule has 1 aromatic carbocycles. The van der Waals surface area contributed by atoms with Gasteiger partial charge in [-0.15, -0.1) is 11.3 Å². The normalized spacial score (nSPS) is 10.9. The van der Waals surface area contributed by atoms with Gasteiger partial charge < -0.3 is 14.1 Å². The van der Waals surface area contributed by atoms with Crippen LogP contribution in [0.5, 0.6) is 5.75 Å². The Morgan fingerprint density at radius 3 is 2.76 bits per heavy atom. The number of rotatable bonds is 7. The van der Waals surface area contributed by atoms with Gasteiger partial charge in [0.05, 0.1) is 19.9 Å². The Hall–Kier alpha value is -2.79. The summed E-state index contributed by atoms with van der Waals surface area (Å²) in [5.41, 5.74) is 0.973. The Morgan fingerprint density at radius 1 is 1.16 bits per heavy atom. The number of benzene rings is 1. The summed E-state index contributed by atoms with van der Waals surface area (Å²) in [7, 11) is 1.64. The van der Waals surface area contributed by atoms with E-state index in [9.17, 15) is 4.79 Å². The molecule has 4 nitrogen and oxygen atoms in total. The molecule has 2 heterocycles. The standard InChI is InChI=1S/C20H19NO3S/c1-23-19-9-3-2-6-16(19)14-21(15-18-8-5-13-25-18)20(22)11-10-17-7-4-12-24-17/h2-13H,14-15H2,1H3/b11-10+. The third-order valence-corrected chi connectivity index (χ3v) is 4.59. The number of thiophene rings is 1. The Balaban J connectivity index is 1.80. The summed E-state index contributed by atoms with van der Waals surface area (Å²) in [5.74, 6) is 1.36. The highest BCUT2D eigenvalue weighted by atomic mass is 32.1. The van der Waals surface area contributed by atoms with Gasteiger partial charge in [-0.25, -0.2) is 0 Å². The van der Waals surface area contributed by atoms with E-state index < -0.39 is 0 Å². The van der Waals surface area contributed by atoms with E-state index in [-0.39, 0.29) is 5.91 Å². The van der Waals surface area contributed by atoms with Crippen molar-refractivity contribution in [3.63, 3.8) is 0 Å². The largest absolute Gasteiger partial charge is 0.496 e. The number of ether oxygens (including phenoxy) is 1. The lowest BCUT2D eigenvalue weighted by atomic mass is 10.2. The van der Waals surface area contributed by atoms with Crippen LogP contribution in [0.4, 0.5) is 0 Å². The molecule has 2 aromatic heterocycles. The van der Waals surface area contributed by atoms with Gasteiger partial charge >= 0.3 is 0 Å². The van der Waals surface area contributed by atoms with Gasteiger partial charge in [0.15, 0.2) is 0 Å². The number of nitrogens with zero attached hydrogens (tertiary/aromatic N) is 1. The number of hydrogen-bond donors (Lipinski definition) is 0. The lowest BCUT2D eigenvalue weighted by Gasteiger charge is -2.22. The van der Waals surface area contributed by atoms with E-state index in [4.69, 9.17) is 9.15 Å². The minimum absolute atomic E-state index is 0.0734. The van der Waals surface area contributed by atoms with Gasteiger partial charge in [-0.05, 0) is 35.7 Å². The van der Waals surface area contributed by atoms with Crippen molar-refractivity contribution in [1.29, 1.82) is 0 Å². The second-order valence-electron chi connectivity index (χ2n) is 5.43. The molecule has 0 saturated carbocycles. The molecule has 0 saturated heterocycles. The van der Waals surface area contributed by atoms with Crippen molar-refractivity contribution in [2.45, 2.75) is 13.1 Å². The number of amides is 1. The predicted octanol–water partition coefficient (Wildman–Crippen LogP) is 4.59. The van der Waals surface area contributed by atoms with E-state index >= 15 is 0 Å². The molecule has 0 aliphatic heterocycles. The van der Waals surface area contributed by atoms with Crippen LogP contribution in [0.3, 0.4) is 0 Å². The Kier molecular flexibility index (Phi) is 5.69. The van der Waals surface area contributed by atoms with Crippen LogP contribution in [0.2, 0.25) is 0 Å². The molecule has 0 fully saturated rings. The first-order chi connectivity index (χ1) is 12.3. The van der Waals surface area contributed by atoms with E-state index in [1.807, 2.05) is 47.8 Å². The highest BCUT2D eigenvalue weighted by Gasteiger charge is 2.15. The van der Waals surface area contributed by atoms with Gasteiger partial charge in [-0.3, -0.25) is 4.79 Å². The Labute approximate surface area is 151 Å². The average Bonchev–Trinajstić information content (AvgIpc) is 3.33. The quantitative estimate of drug-likeness (QED) is 0.583. The number of carbonyl (C=O) groups excluding carboxylic acids is 1. The third-order valence-electron chi connectivity index (χ3n) is 3.73. The van der Waals surface area contributed by atoms with Crippen LogP contribution >= 0.6 is 11.3 Å². The molecular formula is C20H19NO3S. The lowest BCUT2D eigenvalue weighted by Crippen LogP contribution is -2.28. The van der Waals surface area contributed by atoms with Crippen molar-refractivity contribution in [3.05, 3.63) is 82.5 Å². The topological polar surface area (TPSA) is 42.7 Å². The summed E-state index contributed by atoms with van der Waals surface area (Å²) >= 11 is 1.64. The first kappa shape index (κ1) is 17.0. The van der Waals surface area contributed by atoms with Crippen molar-refractivity contribution >= 4 is 23.3 Å². The minimum atomic E-state index is -0.0734. The molecule has 0 aliphatic carbocycles. The molecule has 0 bridgehead atoms. The van der Waals surface area contributed by atoms with E-state index in [1.165, 1.54) is 0 Å². The molecule has 25 heavy (non-hydrogen) atoms. The van der Waals surface area contributed by atoms with Crippen LogP contribution < -0.4 is 4.74 Å². The fourth-order valence-electron chi connectivity index (χ4n) is 2.49. The first-order valence-corrected chi connectivity index (χ1v) is 8.79. The average molecular weight is 353 g/mol. The van der Waals surface area contributed by atoms with Gasteiger partial charge in [0.25, 0.3) is 0 Å². The molecule has 0 unspecified atom stereocenters. The molecule has 0 spiro atoms. The molecule has 1 amide bonds. The van der Waals surface area contributed by atoms with Crippen LogP contribution in [-0.4, -0.2) is 17.9 Å². The zero-order chi connectivity index (χ0) is 17.5. The summed E-state index contributed by atoms with van der Waals surface area (Å²) in [5, 5.41) is 2.01. The van der Waals surface area contributed by atoms with Gasteiger partial charge in [-0.1, -0.05) is 24.3 Å². The second-order valence-corrected chi connectivity index (χ2v) is 6.47. The Bertz CT molecular complexity index is 823. The molecule has 0 N–H and O–H groups in total. The Morgan fingerprint density at radius 2 is 2.04 bits per heavy atom. The number of para-hydroxylation sites is 1. The van der Waals surface area contributed by atoms with E-state index in [1.54, 1.807) is 47.8 Å². The molecule has 5 heteroatoms. The fourth-order valence-corrected chi connectivity index (χ4v) is 3.21. The zero-order valence-corrected chi connectivity index (χ0v) is 14.7. The molecular weight excluding hydrogens is 334 g/mol. The molecule has 3 aromatic rings. The summed E-state index contributed by atoms with van der Waals surface area (Å²) in [6.45, 7) is 1.03. The van der Waals surface area contributed by atoms with Crippen LogP contribution in [0.15, 0.2) is 70.7 Å². The molecule has 3 rings (SSSR count). The molecule has 0 aliphatic rings. The molecule has 0 radical (unpaired) electrons. The maximum atomic E-state index is 12.7.